The summed E-state index contributed by atoms with van der Waals surface area (Å²) in [6.45, 7) is 6.92. The molecule has 15 heteroatoms. The highest BCUT2D eigenvalue weighted by Gasteiger charge is 2.47. The summed E-state index contributed by atoms with van der Waals surface area (Å²) in [5.41, 5.74) is -0.296. The zero-order valence-corrected chi connectivity index (χ0v) is 26.9. The average Bonchev–Trinajstić information content (AvgIpc) is 3.36. The number of hydrogen-bond donors (Lipinski definition) is 2. The molecule has 0 radical (unpaired) electrons. The predicted octanol–water partition coefficient (Wildman–Crippen LogP) is 2.90. The molecule has 1 aliphatic carbocycles. The molecule has 3 atom stereocenters. The number of fused-ring (bicyclic) bond motifs is 3. The van der Waals surface area contributed by atoms with E-state index < -0.39 is 23.9 Å². The van der Waals surface area contributed by atoms with Crippen molar-refractivity contribution in [1.82, 2.24) is 24.8 Å². The van der Waals surface area contributed by atoms with E-state index in [0.29, 0.717) is 62.1 Å². The van der Waals surface area contributed by atoms with Gasteiger partial charge in [0.15, 0.2) is 18.2 Å². The first kappa shape index (κ1) is 32.0. The number of amides is 3. The molecule has 3 aromatic heterocycles. The second-order valence-corrected chi connectivity index (χ2v) is 12.7. The third-order valence-electron chi connectivity index (χ3n) is 8.43. The minimum atomic E-state index is -0.629. The van der Waals surface area contributed by atoms with Crippen LogP contribution in [0.15, 0.2) is 41.2 Å². The van der Waals surface area contributed by atoms with Crippen molar-refractivity contribution in [3.63, 3.8) is 0 Å². The number of hydrogen-bond acceptors (Lipinski definition) is 11. The molecule has 3 aliphatic rings. The quantitative estimate of drug-likeness (QED) is 0.350. The average molecular weight is 650 g/mol. The number of pyridine rings is 3. The van der Waals surface area contributed by atoms with Crippen molar-refractivity contribution >= 4 is 40.8 Å². The van der Waals surface area contributed by atoms with Crippen LogP contribution in [0.1, 0.15) is 40.0 Å². The fourth-order valence-electron chi connectivity index (χ4n) is 6.31. The molecule has 3 aromatic rings. The van der Waals surface area contributed by atoms with Crippen LogP contribution >= 0.6 is 0 Å². The van der Waals surface area contributed by atoms with E-state index in [1.54, 1.807) is 54.5 Å². The van der Waals surface area contributed by atoms with Gasteiger partial charge >= 0.3 is 12.2 Å². The van der Waals surface area contributed by atoms with Gasteiger partial charge < -0.3 is 29.6 Å². The van der Waals surface area contributed by atoms with E-state index in [0.717, 1.165) is 11.8 Å². The number of nitrogens with one attached hydrogen (secondary N) is 2. The van der Waals surface area contributed by atoms with E-state index in [9.17, 15) is 19.2 Å². The van der Waals surface area contributed by atoms with Gasteiger partial charge in [-0.15, -0.1) is 0 Å². The Morgan fingerprint density at radius 3 is 2.68 bits per heavy atom. The van der Waals surface area contributed by atoms with Crippen molar-refractivity contribution in [2.75, 3.05) is 43.6 Å². The Morgan fingerprint density at radius 1 is 1.09 bits per heavy atom. The topological polar surface area (TPSA) is 166 Å². The normalized spacial score (nSPS) is 20.6. The summed E-state index contributed by atoms with van der Waals surface area (Å²) >= 11 is 0. The molecule has 6 rings (SSSR count). The number of aromatic nitrogens is 3. The highest BCUT2D eigenvalue weighted by molar-refractivity contribution is 5.95. The van der Waals surface area contributed by atoms with Gasteiger partial charge in [-0.1, -0.05) is 0 Å². The summed E-state index contributed by atoms with van der Waals surface area (Å²) < 4.78 is 23.6. The lowest BCUT2D eigenvalue weighted by atomic mass is 9.87. The molecule has 1 saturated heterocycles. The van der Waals surface area contributed by atoms with Crippen LogP contribution in [-0.2, 0) is 20.8 Å². The van der Waals surface area contributed by atoms with Gasteiger partial charge in [0, 0.05) is 56.2 Å². The molecule has 0 aromatic carbocycles. The Labute approximate surface area is 271 Å². The summed E-state index contributed by atoms with van der Waals surface area (Å²) in [7, 11) is 1.53. The number of carbonyl (C=O) groups excluding carboxylic acids is 3. The van der Waals surface area contributed by atoms with Crippen LogP contribution in [0.2, 0.25) is 0 Å². The van der Waals surface area contributed by atoms with E-state index in [1.165, 1.54) is 13.2 Å². The lowest BCUT2D eigenvalue weighted by Crippen LogP contribution is -2.50. The standard InChI is InChI=1S/C32H39N7O8/c1-32(2,3)47-30(42)33-13-14-37(15-16-38-27(41)12-6-19-5-11-26(44-4)36-29(19)38)20-7-8-21-23(17-20)46-31(43)39(21)24-10-9-22-28(34-24)35-25(40)18-45-22/h5-6,9-12,20-21,23H,7-8,13-18H2,1-4H3,(H,33,42)(H,34,35,40)/t20-,21-,23+/m0/s1. The molecular formula is C32H39N7O8. The molecule has 5 heterocycles. The number of ether oxygens (including phenoxy) is 4. The number of nitrogens with zero attached hydrogens (tertiary/aromatic N) is 5. The van der Waals surface area contributed by atoms with Gasteiger partial charge in [0.1, 0.15) is 23.2 Å². The number of alkyl carbamates (subject to hydrolysis) is 1. The van der Waals surface area contributed by atoms with Crippen LogP contribution in [-0.4, -0.2) is 94.7 Å². The minimum absolute atomic E-state index is 0.0122. The predicted molar refractivity (Wildman–Crippen MR) is 171 cm³/mol. The van der Waals surface area contributed by atoms with Gasteiger partial charge in [0.25, 0.3) is 11.5 Å². The molecule has 2 fully saturated rings. The summed E-state index contributed by atoms with van der Waals surface area (Å²) in [5, 5.41) is 6.33. The maximum atomic E-state index is 13.2. The maximum Gasteiger partial charge on any atom is 0.416 e. The molecule has 2 N–H and O–H groups in total. The molecular weight excluding hydrogens is 610 g/mol. The fourth-order valence-corrected chi connectivity index (χ4v) is 6.31. The second kappa shape index (κ2) is 13.1. The molecule has 2 aliphatic heterocycles. The van der Waals surface area contributed by atoms with Crippen LogP contribution in [0.5, 0.6) is 11.6 Å². The van der Waals surface area contributed by atoms with Gasteiger partial charge in [-0.05, 0) is 57.9 Å². The van der Waals surface area contributed by atoms with E-state index in [2.05, 4.69) is 25.5 Å². The molecule has 1 saturated carbocycles. The van der Waals surface area contributed by atoms with Crippen LogP contribution in [0.3, 0.4) is 0 Å². The fraction of sp³-hybridized carbons (Fsp3) is 0.500. The molecule has 0 spiro atoms. The minimum Gasteiger partial charge on any atom is -0.481 e. The third kappa shape index (κ3) is 7.09. The SMILES string of the molecule is COc1ccc2ccc(=O)n(CCN(CCNC(=O)OC(C)(C)C)[C@H]3CC[C@H]4[C@@H](C3)OC(=O)N4c3ccc4c(n3)NC(=O)CO4)c2n1. The van der Waals surface area contributed by atoms with Crippen molar-refractivity contribution in [2.24, 2.45) is 0 Å². The zero-order valence-electron chi connectivity index (χ0n) is 26.9. The van der Waals surface area contributed by atoms with Crippen molar-refractivity contribution < 1.29 is 33.3 Å². The van der Waals surface area contributed by atoms with Gasteiger partial charge in [0.2, 0.25) is 5.88 Å². The number of carbonyl (C=O) groups is 3. The highest BCUT2D eigenvalue weighted by Crippen LogP contribution is 2.38. The first-order valence-electron chi connectivity index (χ1n) is 15.7. The highest BCUT2D eigenvalue weighted by atomic mass is 16.6. The van der Waals surface area contributed by atoms with Crippen molar-refractivity contribution in [3.8, 4) is 11.6 Å². The van der Waals surface area contributed by atoms with E-state index in [4.69, 9.17) is 18.9 Å². The summed E-state index contributed by atoms with van der Waals surface area (Å²) in [6, 6.07) is 9.98. The largest absolute Gasteiger partial charge is 0.481 e. The van der Waals surface area contributed by atoms with Gasteiger partial charge in [-0.25, -0.2) is 14.6 Å². The first-order chi connectivity index (χ1) is 22.5. The van der Waals surface area contributed by atoms with Crippen LogP contribution in [0.25, 0.3) is 11.0 Å². The van der Waals surface area contributed by atoms with E-state index in [1.807, 2.05) is 6.07 Å². The van der Waals surface area contributed by atoms with Crippen LogP contribution in [0.4, 0.5) is 21.2 Å². The Bertz CT molecular complexity index is 1740. The first-order valence-corrected chi connectivity index (χ1v) is 15.7. The van der Waals surface area contributed by atoms with Crippen molar-refractivity contribution in [1.29, 1.82) is 0 Å². The smallest absolute Gasteiger partial charge is 0.416 e. The van der Waals surface area contributed by atoms with E-state index >= 15 is 0 Å². The third-order valence-corrected chi connectivity index (χ3v) is 8.43. The molecule has 3 amide bonds. The lowest BCUT2D eigenvalue weighted by Gasteiger charge is -2.39. The Balaban J connectivity index is 1.19. The van der Waals surface area contributed by atoms with Crippen molar-refractivity contribution in [2.45, 2.75) is 70.4 Å². The maximum absolute atomic E-state index is 13.2. The molecule has 0 bridgehead atoms. The molecule has 0 unspecified atom stereocenters. The molecule has 47 heavy (non-hydrogen) atoms. The monoisotopic (exact) mass is 649 g/mol. The van der Waals surface area contributed by atoms with Crippen molar-refractivity contribution in [3.05, 3.63) is 46.8 Å². The Hall–Kier alpha value is -4.92. The van der Waals surface area contributed by atoms with Gasteiger partial charge in [-0.2, -0.15) is 4.98 Å². The summed E-state index contributed by atoms with van der Waals surface area (Å²) in [5.74, 6) is 1.18. The zero-order chi connectivity index (χ0) is 33.3. The van der Waals surface area contributed by atoms with Crippen LogP contribution in [0, 0.1) is 0 Å². The molecule has 250 valence electrons. The van der Waals surface area contributed by atoms with Crippen LogP contribution < -0.4 is 30.6 Å². The number of rotatable bonds is 9. The second-order valence-electron chi connectivity index (χ2n) is 12.7. The summed E-state index contributed by atoms with van der Waals surface area (Å²) in [6.07, 6.45) is 0.477. The number of methoxy groups -OCH3 is 1. The Morgan fingerprint density at radius 2 is 1.89 bits per heavy atom. The van der Waals surface area contributed by atoms with Gasteiger partial charge in [0.05, 0.1) is 13.2 Å². The van der Waals surface area contributed by atoms with Gasteiger partial charge in [-0.3, -0.25) is 24.0 Å². The van der Waals surface area contributed by atoms with E-state index in [-0.39, 0.29) is 36.0 Å². The summed E-state index contributed by atoms with van der Waals surface area (Å²) in [4.78, 5) is 63.2. The number of anilines is 2. The Kier molecular flexibility index (Phi) is 8.90. The lowest BCUT2D eigenvalue weighted by molar-refractivity contribution is -0.118. The molecule has 15 nitrogen and oxygen atoms in total.